The molecule has 0 aliphatic carbocycles. The van der Waals surface area contributed by atoms with Crippen LogP contribution in [0.5, 0.6) is 0 Å². The summed E-state index contributed by atoms with van der Waals surface area (Å²) in [7, 11) is 0. The van der Waals surface area contributed by atoms with Crippen LogP contribution in [0.4, 0.5) is 13.2 Å². The standard InChI is InChI=1S/C20H17F3OS2/c21-20(22,23)16-9-7-14(8-10-16)13-17(15-5-2-1-3-6-15)18(24)19-25-11-4-12-26-19/h1-3,5-10,13,19H,4,11-12H2. The lowest BCUT2D eigenvalue weighted by Crippen LogP contribution is -2.19. The Bertz CT molecular complexity index is 777. The predicted octanol–water partition coefficient (Wildman–Crippen LogP) is 6.01. The average molecular weight is 394 g/mol. The van der Waals surface area contributed by atoms with Crippen molar-refractivity contribution >= 4 is 41.0 Å². The molecular weight excluding hydrogens is 377 g/mol. The molecule has 0 spiro atoms. The van der Waals surface area contributed by atoms with Crippen LogP contribution in [0, 0.1) is 0 Å². The maximum Gasteiger partial charge on any atom is 0.416 e. The summed E-state index contributed by atoms with van der Waals surface area (Å²) in [5, 5.41) is 0. The minimum atomic E-state index is -4.37. The lowest BCUT2D eigenvalue weighted by atomic mass is 9.99. The van der Waals surface area contributed by atoms with Crippen molar-refractivity contribution in [2.24, 2.45) is 0 Å². The predicted molar refractivity (Wildman–Crippen MR) is 104 cm³/mol. The highest BCUT2D eigenvalue weighted by Crippen LogP contribution is 2.36. The van der Waals surface area contributed by atoms with Crippen LogP contribution in [0.3, 0.4) is 0 Å². The maximum atomic E-state index is 13.0. The zero-order chi connectivity index (χ0) is 18.6. The van der Waals surface area contributed by atoms with Gasteiger partial charge in [-0.05, 0) is 47.3 Å². The highest BCUT2D eigenvalue weighted by molar-refractivity contribution is 8.18. The summed E-state index contributed by atoms with van der Waals surface area (Å²) in [6.07, 6.45) is -1.59. The van der Waals surface area contributed by atoms with E-state index in [1.165, 1.54) is 12.1 Å². The number of ketones is 1. The molecule has 0 aromatic heterocycles. The number of hydrogen-bond donors (Lipinski definition) is 0. The third kappa shape index (κ3) is 4.74. The Morgan fingerprint density at radius 3 is 2.15 bits per heavy atom. The quantitative estimate of drug-likeness (QED) is 0.467. The van der Waals surface area contributed by atoms with Gasteiger partial charge in [0.1, 0.15) is 4.58 Å². The van der Waals surface area contributed by atoms with E-state index in [0.717, 1.165) is 35.6 Å². The van der Waals surface area contributed by atoms with Gasteiger partial charge in [0.2, 0.25) is 0 Å². The van der Waals surface area contributed by atoms with Gasteiger partial charge in [0.05, 0.1) is 5.56 Å². The molecule has 26 heavy (non-hydrogen) atoms. The zero-order valence-electron chi connectivity index (χ0n) is 13.8. The Balaban J connectivity index is 1.95. The van der Waals surface area contributed by atoms with E-state index in [-0.39, 0.29) is 10.4 Å². The number of thioether (sulfide) groups is 2. The molecule has 0 amide bonds. The van der Waals surface area contributed by atoms with Gasteiger partial charge in [-0.2, -0.15) is 13.2 Å². The average Bonchev–Trinajstić information content (AvgIpc) is 2.66. The molecule has 1 saturated heterocycles. The number of Topliss-reactive ketones (excluding diaryl/α,β-unsaturated/α-hetero) is 1. The first-order chi connectivity index (χ1) is 12.4. The topological polar surface area (TPSA) is 17.1 Å². The minimum Gasteiger partial charge on any atom is -0.292 e. The summed E-state index contributed by atoms with van der Waals surface area (Å²) < 4.78 is 38.1. The SMILES string of the molecule is O=C(C(=Cc1ccc(C(F)(F)F)cc1)c1ccccc1)C1SCCCS1. The van der Waals surface area contributed by atoms with Gasteiger partial charge in [-0.25, -0.2) is 0 Å². The van der Waals surface area contributed by atoms with Gasteiger partial charge in [0, 0.05) is 5.57 Å². The van der Waals surface area contributed by atoms with Crippen LogP contribution in [-0.4, -0.2) is 21.9 Å². The number of hydrogen-bond acceptors (Lipinski definition) is 3. The van der Waals surface area contributed by atoms with Crippen molar-refractivity contribution in [1.29, 1.82) is 0 Å². The van der Waals surface area contributed by atoms with E-state index in [1.807, 2.05) is 30.3 Å². The van der Waals surface area contributed by atoms with Gasteiger partial charge in [-0.1, -0.05) is 42.5 Å². The number of allylic oxidation sites excluding steroid dienone is 1. The highest BCUT2D eigenvalue weighted by atomic mass is 32.2. The van der Waals surface area contributed by atoms with Gasteiger partial charge in [0.25, 0.3) is 0 Å². The van der Waals surface area contributed by atoms with Crippen molar-refractivity contribution in [3.05, 3.63) is 71.3 Å². The maximum absolute atomic E-state index is 13.0. The normalized spacial score (nSPS) is 16.5. The molecule has 1 fully saturated rings. The van der Waals surface area contributed by atoms with Crippen molar-refractivity contribution in [1.82, 2.24) is 0 Å². The Kier molecular flexibility index (Phi) is 6.14. The van der Waals surface area contributed by atoms with Gasteiger partial charge < -0.3 is 0 Å². The van der Waals surface area contributed by atoms with Crippen LogP contribution >= 0.6 is 23.5 Å². The number of rotatable bonds is 4. The van der Waals surface area contributed by atoms with Crippen molar-refractivity contribution in [3.8, 4) is 0 Å². The van der Waals surface area contributed by atoms with Crippen LogP contribution in [0.15, 0.2) is 54.6 Å². The third-order valence-corrected chi connectivity index (χ3v) is 6.84. The fourth-order valence-electron chi connectivity index (χ4n) is 2.62. The number of alkyl halides is 3. The second kappa shape index (κ2) is 8.35. The van der Waals surface area contributed by atoms with Gasteiger partial charge in [0.15, 0.2) is 5.78 Å². The Morgan fingerprint density at radius 2 is 1.58 bits per heavy atom. The first kappa shape index (κ1) is 19.1. The summed E-state index contributed by atoms with van der Waals surface area (Å²) in [6.45, 7) is 0. The molecule has 136 valence electrons. The summed E-state index contributed by atoms with van der Waals surface area (Å²) in [6, 6.07) is 14.2. The Morgan fingerprint density at radius 1 is 0.962 bits per heavy atom. The highest BCUT2D eigenvalue weighted by Gasteiger charge is 2.30. The molecule has 0 atom stereocenters. The zero-order valence-corrected chi connectivity index (χ0v) is 15.5. The summed E-state index contributed by atoms with van der Waals surface area (Å²) in [5.74, 6) is 1.92. The van der Waals surface area contributed by atoms with Crippen LogP contribution in [0.1, 0.15) is 23.1 Å². The Labute approximate surface area is 159 Å². The molecule has 3 rings (SSSR count). The molecule has 0 radical (unpaired) electrons. The molecule has 1 nitrogen and oxygen atoms in total. The van der Waals surface area contributed by atoms with Crippen LogP contribution in [-0.2, 0) is 11.0 Å². The fourth-order valence-corrected chi connectivity index (χ4v) is 5.37. The van der Waals surface area contributed by atoms with E-state index in [2.05, 4.69) is 0 Å². The summed E-state index contributed by atoms with van der Waals surface area (Å²) in [5.41, 5.74) is 1.21. The van der Waals surface area contributed by atoms with Crippen molar-refractivity contribution < 1.29 is 18.0 Å². The van der Waals surface area contributed by atoms with Gasteiger partial charge in [-0.3, -0.25) is 4.79 Å². The molecule has 2 aromatic rings. The lowest BCUT2D eigenvalue weighted by molar-refractivity contribution is -0.137. The first-order valence-corrected chi connectivity index (χ1v) is 10.3. The molecule has 1 aliphatic rings. The van der Waals surface area contributed by atoms with E-state index >= 15 is 0 Å². The molecule has 1 heterocycles. The number of carbonyl (C=O) groups is 1. The second-order valence-electron chi connectivity index (χ2n) is 5.84. The van der Waals surface area contributed by atoms with E-state index in [9.17, 15) is 18.0 Å². The third-order valence-electron chi connectivity index (χ3n) is 3.94. The van der Waals surface area contributed by atoms with Gasteiger partial charge >= 0.3 is 6.18 Å². The molecule has 6 heteroatoms. The molecule has 0 unspecified atom stereocenters. The smallest absolute Gasteiger partial charge is 0.292 e. The fraction of sp³-hybridized carbons (Fsp3) is 0.250. The molecular formula is C20H17F3OS2. The molecule has 2 aromatic carbocycles. The molecule has 0 bridgehead atoms. The number of benzene rings is 2. The van der Waals surface area contributed by atoms with E-state index in [0.29, 0.717) is 11.1 Å². The lowest BCUT2D eigenvalue weighted by Gasteiger charge is -2.21. The first-order valence-electron chi connectivity index (χ1n) is 8.17. The second-order valence-corrected chi connectivity index (χ2v) is 8.56. The van der Waals surface area contributed by atoms with Crippen LogP contribution in [0.25, 0.3) is 11.6 Å². The van der Waals surface area contributed by atoms with Crippen molar-refractivity contribution in [2.45, 2.75) is 17.2 Å². The molecule has 0 N–H and O–H groups in total. The number of carbonyl (C=O) groups excluding carboxylic acids is 1. The molecule has 0 saturated carbocycles. The Hall–Kier alpha value is -1.66. The summed E-state index contributed by atoms with van der Waals surface area (Å²) in [4.78, 5) is 13.0. The minimum absolute atomic E-state index is 0.0193. The van der Waals surface area contributed by atoms with Crippen molar-refractivity contribution in [3.63, 3.8) is 0 Å². The number of halogens is 3. The van der Waals surface area contributed by atoms with E-state index in [1.54, 1.807) is 29.6 Å². The van der Waals surface area contributed by atoms with Gasteiger partial charge in [-0.15, -0.1) is 23.5 Å². The van der Waals surface area contributed by atoms with Crippen LogP contribution < -0.4 is 0 Å². The van der Waals surface area contributed by atoms with E-state index < -0.39 is 11.7 Å². The molecule has 1 aliphatic heterocycles. The van der Waals surface area contributed by atoms with Crippen molar-refractivity contribution in [2.75, 3.05) is 11.5 Å². The largest absolute Gasteiger partial charge is 0.416 e. The van der Waals surface area contributed by atoms with Crippen LogP contribution in [0.2, 0.25) is 0 Å². The monoisotopic (exact) mass is 394 g/mol. The van der Waals surface area contributed by atoms with E-state index in [4.69, 9.17) is 0 Å². The summed E-state index contributed by atoms with van der Waals surface area (Å²) >= 11 is 3.27.